The smallest absolute Gasteiger partial charge is 0.244 e. The van der Waals surface area contributed by atoms with Crippen LogP contribution in [0.3, 0.4) is 0 Å². The highest BCUT2D eigenvalue weighted by Crippen LogP contribution is 1.85. The zero-order valence-corrected chi connectivity index (χ0v) is 6.83. The van der Waals surface area contributed by atoms with Crippen molar-refractivity contribution in [3.63, 3.8) is 0 Å². The third kappa shape index (κ3) is 4.31. The minimum Gasteiger partial charge on any atom is -0.343 e. The van der Waals surface area contributed by atoms with E-state index >= 15 is 0 Å². The molecule has 3 nitrogen and oxygen atoms in total. The summed E-state index contributed by atoms with van der Waals surface area (Å²) in [5, 5.41) is 2.52. The van der Waals surface area contributed by atoms with E-state index in [1.54, 1.807) is 13.0 Å². The molecule has 0 rings (SSSR count). The van der Waals surface area contributed by atoms with Crippen LogP contribution in [0.4, 0.5) is 0 Å². The van der Waals surface area contributed by atoms with Crippen molar-refractivity contribution >= 4 is 12.2 Å². The van der Waals surface area contributed by atoms with Gasteiger partial charge in [0.25, 0.3) is 0 Å². The van der Waals surface area contributed by atoms with Gasteiger partial charge >= 0.3 is 0 Å². The van der Waals surface area contributed by atoms with Crippen molar-refractivity contribution in [2.24, 2.45) is 0 Å². The first-order chi connectivity index (χ1) is 5.24. The Morgan fingerprint density at radius 3 is 2.64 bits per heavy atom. The number of aldehydes is 1. The quantitative estimate of drug-likeness (QED) is 0.478. The highest BCUT2D eigenvalue weighted by atomic mass is 16.2. The number of carbonyl (C=O) groups excluding carboxylic acids is 2. The second-order valence-electron chi connectivity index (χ2n) is 2.16. The van der Waals surface area contributed by atoms with Crippen molar-refractivity contribution in [2.75, 3.05) is 0 Å². The molecule has 0 spiro atoms. The maximum atomic E-state index is 10.8. The van der Waals surface area contributed by atoms with E-state index in [0.29, 0.717) is 6.42 Å². The predicted octanol–water partition coefficient (Wildman–Crippen LogP) is 0.656. The molecular formula is C8H13NO2. The number of rotatable bonds is 4. The van der Waals surface area contributed by atoms with E-state index in [1.165, 1.54) is 6.08 Å². The topological polar surface area (TPSA) is 46.2 Å². The summed E-state index contributed by atoms with van der Waals surface area (Å²) in [5.41, 5.74) is 0. The molecule has 0 aliphatic carbocycles. The number of hydrogen-bond acceptors (Lipinski definition) is 2. The molecule has 1 amide bonds. The van der Waals surface area contributed by atoms with Crippen molar-refractivity contribution in [3.05, 3.63) is 12.2 Å². The SMILES string of the molecule is C/C=C/C(=O)NC(C=O)CC. The van der Waals surface area contributed by atoms with E-state index in [0.717, 1.165) is 6.29 Å². The first-order valence-corrected chi connectivity index (χ1v) is 3.63. The molecule has 0 heterocycles. The molecule has 0 bridgehead atoms. The molecule has 0 radical (unpaired) electrons. The van der Waals surface area contributed by atoms with Gasteiger partial charge < -0.3 is 10.1 Å². The van der Waals surface area contributed by atoms with Crippen molar-refractivity contribution < 1.29 is 9.59 Å². The summed E-state index contributed by atoms with van der Waals surface area (Å²) < 4.78 is 0. The Morgan fingerprint density at radius 2 is 2.27 bits per heavy atom. The fraction of sp³-hybridized carbons (Fsp3) is 0.500. The molecule has 0 aliphatic heterocycles. The number of allylic oxidation sites excluding steroid dienone is 1. The van der Waals surface area contributed by atoms with Gasteiger partial charge in [0.15, 0.2) is 0 Å². The fourth-order valence-corrected chi connectivity index (χ4v) is 0.615. The van der Waals surface area contributed by atoms with Crippen LogP contribution in [0.5, 0.6) is 0 Å². The third-order valence-electron chi connectivity index (χ3n) is 1.25. The fourth-order valence-electron chi connectivity index (χ4n) is 0.615. The molecule has 1 unspecified atom stereocenters. The van der Waals surface area contributed by atoms with Crippen LogP contribution >= 0.6 is 0 Å². The summed E-state index contributed by atoms with van der Waals surface area (Å²) >= 11 is 0. The number of hydrogen-bond donors (Lipinski definition) is 1. The Balaban J connectivity index is 3.81. The van der Waals surface area contributed by atoms with Gasteiger partial charge in [-0.1, -0.05) is 13.0 Å². The van der Waals surface area contributed by atoms with E-state index in [4.69, 9.17) is 0 Å². The van der Waals surface area contributed by atoms with Gasteiger partial charge in [0, 0.05) is 0 Å². The zero-order valence-electron chi connectivity index (χ0n) is 6.83. The molecule has 0 aliphatic rings. The van der Waals surface area contributed by atoms with E-state index in [1.807, 2.05) is 6.92 Å². The molecule has 11 heavy (non-hydrogen) atoms. The van der Waals surface area contributed by atoms with Gasteiger partial charge in [0.2, 0.25) is 5.91 Å². The Labute approximate surface area is 66.5 Å². The van der Waals surface area contributed by atoms with Crippen LogP contribution in [0.2, 0.25) is 0 Å². The molecular weight excluding hydrogens is 142 g/mol. The lowest BCUT2D eigenvalue weighted by Gasteiger charge is -2.06. The van der Waals surface area contributed by atoms with Gasteiger partial charge in [-0.3, -0.25) is 4.79 Å². The largest absolute Gasteiger partial charge is 0.343 e. The molecule has 1 N–H and O–H groups in total. The van der Waals surface area contributed by atoms with Gasteiger partial charge in [-0.05, 0) is 19.4 Å². The molecule has 0 aromatic carbocycles. The van der Waals surface area contributed by atoms with E-state index in [-0.39, 0.29) is 11.9 Å². The molecule has 0 saturated carbocycles. The molecule has 62 valence electrons. The van der Waals surface area contributed by atoms with Gasteiger partial charge in [0.1, 0.15) is 6.29 Å². The average molecular weight is 155 g/mol. The van der Waals surface area contributed by atoms with Crippen molar-refractivity contribution in [3.8, 4) is 0 Å². The number of amides is 1. The summed E-state index contributed by atoms with van der Waals surface area (Å²) in [6.07, 6.45) is 4.40. The summed E-state index contributed by atoms with van der Waals surface area (Å²) in [6.45, 7) is 3.59. The van der Waals surface area contributed by atoms with Crippen LogP contribution < -0.4 is 5.32 Å². The zero-order chi connectivity index (χ0) is 8.69. The maximum absolute atomic E-state index is 10.8. The molecule has 0 saturated heterocycles. The summed E-state index contributed by atoms with van der Waals surface area (Å²) in [5.74, 6) is -0.216. The van der Waals surface area contributed by atoms with E-state index < -0.39 is 0 Å². The van der Waals surface area contributed by atoms with E-state index in [9.17, 15) is 9.59 Å². The van der Waals surface area contributed by atoms with Crippen LogP contribution in [0, 0.1) is 0 Å². The molecule has 0 aromatic rings. The van der Waals surface area contributed by atoms with Crippen LogP contribution in [0.25, 0.3) is 0 Å². The average Bonchev–Trinajstić information content (AvgIpc) is 2.01. The minimum atomic E-state index is -0.348. The first-order valence-electron chi connectivity index (χ1n) is 3.63. The van der Waals surface area contributed by atoms with Crippen LogP contribution in [0.1, 0.15) is 20.3 Å². The predicted molar refractivity (Wildman–Crippen MR) is 43.1 cm³/mol. The second kappa shape index (κ2) is 5.65. The Kier molecular flexibility index (Phi) is 5.07. The number of carbonyl (C=O) groups is 2. The van der Waals surface area contributed by atoms with Gasteiger partial charge in [-0.2, -0.15) is 0 Å². The van der Waals surface area contributed by atoms with Gasteiger partial charge in [-0.25, -0.2) is 0 Å². The molecule has 0 aromatic heterocycles. The second-order valence-corrected chi connectivity index (χ2v) is 2.16. The first kappa shape index (κ1) is 9.88. The molecule has 0 fully saturated rings. The van der Waals surface area contributed by atoms with Gasteiger partial charge in [0.05, 0.1) is 6.04 Å². The summed E-state index contributed by atoms with van der Waals surface area (Å²) in [7, 11) is 0. The van der Waals surface area contributed by atoms with Crippen LogP contribution in [0.15, 0.2) is 12.2 Å². The highest BCUT2D eigenvalue weighted by Gasteiger charge is 2.04. The Morgan fingerprint density at radius 1 is 1.64 bits per heavy atom. The standard InChI is InChI=1S/C8H13NO2/c1-3-5-8(11)9-7(4-2)6-10/h3,5-7H,4H2,1-2H3,(H,9,11)/b5-3+. The lowest BCUT2D eigenvalue weighted by atomic mass is 10.2. The third-order valence-corrected chi connectivity index (χ3v) is 1.25. The molecule has 1 atom stereocenters. The van der Waals surface area contributed by atoms with Crippen molar-refractivity contribution in [1.29, 1.82) is 0 Å². The Bertz CT molecular complexity index is 163. The summed E-state index contributed by atoms with van der Waals surface area (Å²) in [6, 6.07) is -0.348. The Hall–Kier alpha value is -1.12. The van der Waals surface area contributed by atoms with Gasteiger partial charge in [-0.15, -0.1) is 0 Å². The monoisotopic (exact) mass is 155 g/mol. The van der Waals surface area contributed by atoms with Crippen molar-refractivity contribution in [2.45, 2.75) is 26.3 Å². The van der Waals surface area contributed by atoms with Crippen LogP contribution in [-0.2, 0) is 9.59 Å². The van der Waals surface area contributed by atoms with Crippen molar-refractivity contribution in [1.82, 2.24) is 5.32 Å². The van der Waals surface area contributed by atoms with E-state index in [2.05, 4.69) is 5.32 Å². The van der Waals surface area contributed by atoms with Crippen LogP contribution in [-0.4, -0.2) is 18.2 Å². The summed E-state index contributed by atoms with van der Waals surface area (Å²) in [4.78, 5) is 21.1. The molecule has 3 heteroatoms. The maximum Gasteiger partial charge on any atom is 0.244 e. The highest BCUT2D eigenvalue weighted by molar-refractivity contribution is 5.89. The normalized spacial score (nSPS) is 12.9. The lowest BCUT2D eigenvalue weighted by Crippen LogP contribution is -2.34. The lowest BCUT2D eigenvalue weighted by molar-refractivity contribution is -0.120. The number of nitrogens with one attached hydrogen (secondary N) is 1. The minimum absolute atomic E-state index is 0.216.